The number of benzene rings is 1. The third-order valence-electron chi connectivity index (χ3n) is 3.26. The lowest BCUT2D eigenvalue weighted by molar-refractivity contribution is 0.0927. The van der Waals surface area contributed by atoms with Crippen molar-refractivity contribution in [3.8, 4) is 5.75 Å². The molecule has 96 valence electrons. The smallest absolute Gasteiger partial charge is 0.123 e. The summed E-state index contributed by atoms with van der Waals surface area (Å²) in [5.41, 5.74) is 8.81. The number of aromatic amines is 1. The first-order valence-electron chi connectivity index (χ1n) is 6.20. The molecule has 0 aliphatic carbocycles. The van der Waals surface area contributed by atoms with Crippen LogP contribution in [-0.2, 0) is 12.8 Å². The van der Waals surface area contributed by atoms with Crippen LogP contribution in [0.1, 0.15) is 18.2 Å². The van der Waals surface area contributed by atoms with Gasteiger partial charge in [0.25, 0.3) is 0 Å². The van der Waals surface area contributed by atoms with Crippen molar-refractivity contribution in [1.29, 1.82) is 0 Å². The topological polar surface area (TPSA) is 84.2 Å². The Morgan fingerprint density at radius 2 is 2.44 bits per heavy atom. The number of H-pyrrole nitrogens is 1. The first kappa shape index (κ1) is 11.5. The zero-order chi connectivity index (χ0) is 12.7. The Morgan fingerprint density at radius 3 is 3.22 bits per heavy atom. The van der Waals surface area contributed by atoms with Crippen molar-refractivity contribution >= 4 is 10.9 Å². The lowest BCUT2D eigenvalue weighted by atomic mass is 9.97. The number of aliphatic hydroxyl groups excluding tert-OH is 1. The van der Waals surface area contributed by atoms with E-state index in [2.05, 4.69) is 10.2 Å². The van der Waals surface area contributed by atoms with E-state index in [0.29, 0.717) is 19.4 Å². The second-order valence-corrected chi connectivity index (χ2v) is 4.99. The lowest BCUT2D eigenvalue weighted by Crippen LogP contribution is -2.25. The van der Waals surface area contributed by atoms with Gasteiger partial charge >= 0.3 is 0 Å². The van der Waals surface area contributed by atoms with E-state index in [1.165, 1.54) is 0 Å². The van der Waals surface area contributed by atoms with Gasteiger partial charge in [-0.3, -0.25) is 5.10 Å². The second-order valence-electron chi connectivity index (χ2n) is 4.99. The van der Waals surface area contributed by atoms with Gasteiger partial charge in [-0.15, -0.1) is 0 Å². The van der Waals surface area contributed by atoms with Crippen LogP contribution in [0.5, 0.6) is 5.75 Å². The number of ether oxygens (including phenoxy) is 1. The second kappa shape index (κ2) is 4.26. The van der Waals surface area contributed by atoms with Crippen LogP contribution in [0.2, 0.25) is 0 Å². The van der Waals surface area contributed by atoms with Crippen molar-refractivity contribution in [3.05, 3.63) is 23.4 Å². The summed E-state index contributed by atoms with van der Waals surface area (Å²) in [6.45, 7) is 2.32. The molecule has 0 fully saturated rings. The molecule has 5 heteroatoms. The summed E-state index contributed by atoms with van der Waals surface area (Å²) >= 11 is 0. The van der Waals surface area contributed by atoms with E-state index in [1.807, 2.05) is 19.1 Å². The molecule has 1 aliphatic heterocycles. The zero-order valence-electron chi connectivity index (χ0n) is 10.3. The van der Waals surface area contributed by atoms with Gasteiger partial charge in [-0.2, -0.15) is 5.10 Å². The molecular weight excluding hydrogens is 230 g/mol. The maximum Gasteiger partial charge on any atom is 0.123 e. The van der Waals surface area contributed by atoms with Crippen LogP contribution < -0.4 is 10.5 Å². The normalized spacial score (nSPS) is 20.5. The summed E-state index contributed by atoms with van der Waals surface area (Å²) in [7, 11) is 0. The largest absolute Gasteiger partial charge is 0.491 e. The number of hydrogen-bond acceptors (Lipinski definition) is 4. The summed E-state index contributed by atoms with van der Waals surface area (Å²) in [5.74, 6) is 0.847. The Bertz CT molecular complexity index is 577. The fraction of sp³-hybridized carbons (Fsp3) is 0.462. The molecule has 0 radical (unpaired) electrons. The Kier molecular flexibility index (Phi) is 2.72. The minimum Gasteiger partial charge on any atom is -0.491 e. The highest BCUT2D eigenvalue weighted by Gasteiger charge is 2.22. The molecule has 0 spiro atoms. The van der Waals surface area contributed by atoms with Gasteiger partial charge in [-0.1, -0.05) is 0 Å². The third kappa shape index (κ3) is 1.85. The van der Waals surface area contributed by atoms with E-state index < -0.39 is 6.10 Å². The van der Waals surface area contributed by atoms with Gasteiger partial charge in [0.2, 0.25) is 0 Å². The van der Waals surface area contributed by atoms with Gasteiger partial charge in [0.05, 0.1) is 17.3 Å². The molecule has 0 bridgehead atoms. The molecule has 18 heavy (non-hydrogen) atoms. The molecule has 0 amide bonds. The molecule has 2 unspecified atom stereocenters. The minimum atomic E-state index is -0.443. The third-order valence-corrected chi connectivity index (χ3v) is 3.26. The Morgan fingerprint density at radius 1 is 1.61 bits per heavy atom. The highest BCUT2D eigenvalue weighted by atomic mass is 16.5. The van der Waals surface area contributed by atoms with Crippen molar-refractivity contribution < 1.29 is 9.84 Å². The molecule has 2 heterocycles. The molecular formula is C13H17N3O2. The highest BCUT2D eigenvalue weighted by molar-refractivity contribution is 5.87. The molecule has 5 nitrogen and oxygen atoms in total. The van der Waals surface area contributed by atoms with Crippen molar-refractivity contribution in [2.45, 2.75) is 31.9 Å². The van der Waals surface area contributed by atoms with E-state index >= 15 is 0 Å². The van der Waals surface area contributed by atoms with Crippen LogP contribution in [-0.4, -0.2) is 34.1 Å². The van der Waals surface area contributed by atoms with Crippen molar-refractivity contribution in [3.63, 3.8) is 0 Å². The number of aliphatic hydroxyl groups is 1. The van der Waals surface area contributed by atoms with Gasteiger partial charge in [-0.05, 0) is 19.1 Å². The van der Waals surface area contributed by atoms with Crippen LogP contribution in [0, 0.1) is 0 Å². The molecule has 1 aromatic carbocycles. The number of aromatic nitrogens is 2. The van der Waals surface area contributed by atoms with Crippen LogP contribution >= 0.6 is 0 Å². The molecule has 0 saturated heterocycles. The number of nitrogens with two attached hydrogens (primary N) is 1. The maximum atomic E-state index is 9.75. The van der Waals surface area contributed by atoms with Crippen LogP contribution in [0.15, 0.2) is 12.1 Å². The summed E-state index contributed by atoms with van der Waals surface area (Å²) in [4.78, 5) is 0. The van der Waals surface area contributed by atoms with Crippen LogP contribution in [0.4, 0.5) is 0 Å². The molecule has 4 N–H and O–H groups in total. The van der Waals surface area contributed by atoms with Gasteiger partial charge in [0.15, 0.2) is 0 Å². The van der Waals surface area contributed by atoms with Gasteiger partial charge in [0, 0.05) is 29.8 Å². The Balaban J connectivity index is 2.16. The molecule has 2 aromatic rings. The van der Waals surface area contributed by atoms with E-state index in [-0.39, 0.29) is 6.04 Å². The van der Waals surface area contributed by atoms with Crippen molar-refractivity contribution in [1.82, 2.24) is 10.2 Å². The average Bonchev–Trinajstić information content (AvgIpc) is 2.72. The summed E-state index contributed by atoms with van der Waals surface area (Å²) in [6, 6.07) is 3.95. The van der Waals surface area contributed by atoms with Crippen molar-refractivity contribution in [2.75, 3.05) is 6.61 Å². The first-order chi connectivity index (χ1) is 8.65. The minimum absolute atomic E-state index is 0.0572. The zero-order valence-corrected chi connectivity index (χ0v) is 10.3. The summed E-state index contributed by atoms with van der Waals surface area (Å²) in [5, 5.41) is 18.1. The SMILES string of the molecule is CC(N)Cc1n[nH]c2ccc3c(c12)CC(O)CO3. The predicted octanol–water partition coefficient (Wildman–Crippen LogP) is 0.748. The number of hydrogen-bond donors (Lipinski definition) is 3. The standard InChI is InChI=1S/C13H17N3O2/c1-7(14)4-11-13-9-5-8(17)6-18-12(9)3-2-10(13)15-16-11/h2-3,7-8,17H,4-6,14H2,1H3,(H,15,16). The van der Waals surface area contributed by atoms with Gasteiger partial charge in [0.1, 0.15) is 12.4 Å². The van der Waals surface area contributed by atoms with Crippen LogP contribution in [0.25, 0.3) is 10.9 Å². The fourth-order valence-corrected chi connectivity index (χ4v) is 2.51. The molecule has 1 aromatic heterocycles. The molecule has 3 rings (SSSR count). The number of rotatable bonds is 2. The Labute approximate surface area is 105 Å². The lowest BCUT2D eigenvalue weighted by Gasteiger charge is -2.22. The number of fused-ring (bicyclic) bond motifs is 3. The molecule has 2 atom stereocenters. The monoisotopic (exact) mass is 247 g/mol. The van der Waals surface area contributed by atoms with Gasteiger partial charge in [-0.25, -0.2) is 0 Å². The molecule has 1 aliphatic rings. The number of nitrogens with zero attached hydrogens (tertiary/aromatic N) is 1. The quantitative estimate of drug-likeness (QED) is 0.731. The van der Waals surface area contributed by atoms with E-state index in [0.717, 1.165) is 27.9 Å². The average molecular weight is 247 g/mol. The molecule has 0 saturated carbocycles. The van der Waals surface area contributed by atoms with E-state index in [9.17, 15) is 5.11 Å². The van der Waals surface area contributed by atoms with Gasteiger partial charge < -0.3 is 15.6 Å². The summed E-state index contributed by atoms with van der Waals surface area (Å²) < 4.78 is 5.55. The number of nitrogens with one attached hydrogen (secondary N) is 1. The summed E-state index contributed by atoms with van der Waals surface area (Å²) in [6.07, 6.45) is 0.881. The van der Waals surface area contributed by atoms with Crippen molar-refractivity contribution in [2.24, 2.45) is 5.73 Å². The van der Waals surface area contributed by atoms with E-state index in [4.69, 9.17) is 10.5 Å². The predicted molar refractivity (Wildman–Crippen MR) is 68.7 cm³/mol. The maximum absolute atomic E-state index is 9.75. The first-order valence-corrected chi connectivity index (χ1v) is 6.20. The highest BCUT2D eigenvalue weighted by Crippen LogP contribution is 2.33. The fourth-order valence-electron chi connectivity index (χ4n) is 2.51. The van der Waals surface area contributed by atoms with E-state index in [1.54, 1.807) is 0 Å². The van der Waals surface area contributed by atoms with Crippen LogP contribution in [0.3, 0.4) is 0 Å². The Hall–Kier alpha value is -1.59.